The SMILES string of the molecule is CCOC(=O)C[C@@H]1CC[C@H]2CN(C(=O)OC)[C@H](C(=O)OCC)C[C@H]2C1. The predicted octanol–water partition coefficient (Wildman–Crippen LogP) is 2.38. The van der Waals surface area contributed by atoms with Crippen LogP contribution in [0, 0.1) is 17.8 Å². The molecule has 2 rings (SSSR count). The first-order valence-corrected chi connectivity index (χ1v) is 9.16. The number of rotatable bonds is 5. The van der Waals surface area contributed by atoms with Crippen molar-refractivity contribution in [1.29, 1.82) is 0 Å². The second-order valence-electron chi connectivity index (χ2n) is 6.83. The largest absolute Gasteiger partial charge is 0.466 e. The van der Waals surface area contributed by atoms with Gasteiger partial charge in [-0.15, -0.1) is 0 Å². The molecule has 25 heavy (non-hydrogen) atoms. The van der Waals surface area contributed by atoms with Crippen LogP contribution in [-0.4, -0.2) is 55.8 Å². The minimum absolute atomic E-state index is 0.153. The maximum Gasteiger partial charge on any atom is 0.410 e. The molecule has 1 amide bonds. The summed E-state index contributed by atoms with van der Waals surface area (Å²) >= 11 is 0. The van der Waals surface area contributed by atoms with E-state index in [0.29, 0.717) is 37.8 Å². The maximum atomic E-state index is 12.3. The van der Waals surface area contributed by atoms with Gasteiger partial charge in [-0.2, -0.15) is 0 Å². The molecule has 7 nitrogen and oxygen atoms in total. The fourth-order valence-electron chi connectivity index (χ4n) is 4.17. The molecule has 0 aromatic rings. The van der Waals surface area contributed by atoms with Crippen molar-refractivity contribution in [1.82, 2.24) is 4.90 Å². The van der Waals surface area contributed by atoms with Crippen molar-refractivity contribution < 1.29 is 28.6 Å². The van der Waals surface area contributed by atoms with Crippen molar-refractivity contribution in [3.8, 4) is 0 Å². The van der Waals surface area contributed by atoms with E-state index in [-0.39, 0.29) is 24.5 Å². The number of piperidine rings is 1. The summed E-state index contributed by atoms with van der Waals surface area (Å²) in [7, 11) is 1.33. The molecule has 142 valence electrons. The van der Waals surface area contributed by atoms with Gasteiger partial charge in [0.25, 0.3) is 0 Å². The molecule has 2 aliphatic rings. The third-order valence-electron chi connectivity index (χ3n) is 5.31. The predicted molar refractivity (Wildman–Crippen MR) is 89.7 cm³/mol. The number of carbonyl (C=O) groups is 3. The zero-order valence-electron chi connectivity index (χ0n) is 15.4. The summed E-state index contributed by atoms with van der Waals surface area (Å²) in [5.41, 5.74) is 0. The third kappa shape index (κ3) is 4.86. The Bertz CT molecular complexity index is 494. The van der Waals surface area contributed by atoms with Crippen molar-refractivity contribution in [3.05, 3.63) is 0 Å². The highest BCUT2D eigenvalue weighted by Crippen LogP contribution is 2.42. The van der Waals surface area contributed by atoms with Crippen molar-refractivity contribution in [2.75, 3.05) is 26.9 Å². The summed E-state index contributed by atoms with van der Waals surface area (Å²) in [6, 6.07) is -0.602. The van der Waals surface area contributed by atoms with Crippen LogP contribution in [0.2, 0.25) is 0 Å². The average molecular weight is 355 g/mol. The second kappa shape index (κ2) is 9.06. The van der Waals surface area contributed by atoms with Crippen LogP contribution in [0.1, 0.15) is 46.0 Å². The fourth-order valence-corrected chi connectivity index (χ4v) is 4.17. The highest BCUT2D eigenvalue weighted by Gasteiger charge is 2.44. The lowest BCUT2D eigenvalue weighted by molar-refractivity contribution is -0.153. The van der Waals surface area contributed by atoms with Gasteiger partial charge < -0.3 is 14.2 Å². The van der Waals surface area contributed by atoms with Gasteiger partial charge in [-0.25, -0.2) is 9.59 Å². The van der Waals surface area contributed by atoms with Gasteiger partial charge in [0.05, 0.1) is 20.3 Å². The van der Waals surface area contributed by atoms with E-state index in [1.807, 2.05) is 0 Å². The van der Waals surface area contributed by atoms with Crippen molar-refractivity contribution in [3.63, 3.8) is 0 Å². The summed E-state index contributed by atoms with van der Waals surface area (Å²) in [4.78, 5) is 37.6. The number of carbonyl (C=O) groups excluding carboxylic acids is 3. The topological polar surface area (TPSA) is 82.1 Å². The van der Waals surface area contributed by atoms with Gasteiger partial charge in [-0.3, -0.25) is 9.69 Å². The molecular weight excluding hydrogens is 326 g/mol. The first kappa shape index (κ1) is 19.5. The number of ether oxygens (including phenoxy) is 3. The summed E-state index contributed by atoms with van der Waals surface area (Å²) in [5.74, 6) is 0.401. The van der Waals surface area contributed by atoms with Crippen LogP contribution in [0.15, 0.2) is 0 Å². The monoisotopic (exact) mass is 355 g/mol. The molecule has 0 aromatic heterocycles. The Morgan fingerprint density at radius 1 is 1.00 bits per heavy atom. The molecule has 7 heteroatoms. The Balaban J connectivity index is 2.03. The van der Waals surface area contributed by atoms with Gasteiger partial charge >= 0.3 is 18.0 Å². The highest BCUT2D eigenvalue weighted by molar-refractivity contribution is 5.81. The molecule has 0 aromatic carbocycles. The van der Waals surface area contributed by atoms with Gasteiger partial charge in [-0.1, -0.05) is 0 Å². The van der Waals surface area contributed by atoms with Crippen molar-refractivity contribution in [2.45, 2.75) is 52.0 Å². The first-order valence-electron chi connectivity index (χ1n) is 9.16. The van der Waals surface area contributed by atoms with E-state index in [1.165, 1.54) is 12.0 Å². The van der Waals surface area contributed by atoms with Crippen LogP contribution < -0.4 is 0 Å². The van der Waals surface area contributed by atoms with Gasteiger partial charge in [0.1, 0.15) is 6.04 Å². The maximum absolute atomic E-state index is 12.3. The fraction of sp³-hybridized carbons (Fsp3) is 0.833. The Kier molecular flexibility index (Phi) is 7.08. The van der Waals surface area contributed by atoms with Crippen LogP contribution in [0.4, 0.5) is 4.79 Å². The molecule has 1 heterocycles. The zero-order chi connectivity index (χ0) is 18.4. The molecule has 1 saturated heterocycles. The van der Waals surface area contributed by atoms with E-state index in [0.717, 1.165) is 19.3 Å². The van der Waals surface area contributed by atoms with Crippen LogP contribution >= 0.6 is 0 Å². The van der Waals surface area contributed by atoms with Crippen LogP contribution in [0.5, 0.6) is 0 Å². The molecule has 0 bridgehead atoms. The molecule has 0 N–H and O–H groups in total. The van der Waals surface area contributed by atoms with E-state index >= 15 is 0 Å². The second-order valence-corrected chi connectivity index (χ2v) is 6.83. The first-order chi connectivity index (χ1) is 12.0. The Morgan fingerprint density at radius 3 is 2.36 bits per heavy atom. The molecule has 4 atom stereocenters. The summed E-state index contributed by atoms with van der Waals surface area (Å²) in [6.07, 6.45) is 3.29. The molecule has 2 fully saturated rings. The minimum atomic E-state index is -0.602. The quantitative estimate of drug-likeness (QED) is 0.556. The normalized spacial score (nSPS) is 28.7. The van der Waals surface area contributed by atoms with Crippen LogP contribution in [0.25, 0.3) is 0 Å². The number of nitrogens with zero attached hydrogens (tertiary/aromatic N) is 1. The van der Waals surface area contributed by atoms with Gasteiger partial charge in [0.2, 0.25) is 0 Å². The van der Waals surface area contributed by atoms with Gasteiger partial charge in [0.15, 0.2) is 0 Å². The number of likely N-dealkylation sites (tertiary alicyclic amines) is 1. The number of fused-ring (bicyclic) bond motifs is 1. The number of amides is 1. The molecule has 1 aliphatic carbocycles. The Hall–Kier alpha value is -1.79. The molecule has 0 radical (unpaired) electrons. The highest BCUT2D eigenvalue weighted by atomic mass is 16.6. The van der Waals surface area contributed by atoms with Crippen molar-refractivity contribution >= 4 is 18.0 Å². The molecule has 0 unspecified atom stereocenters. The van der Waals surface area contributed by atoms with E-state index in [1.54, 1.807) is 13.8 Å². The smallest absolute Gasteiger partial charge is 0.410 e. The van der Waals surface area contributed by atoms with E-state index in [2.05, 4.69) is 0 Å². The Labute approximate surface area is 149 Å². The van der Waals surface area contributed by atoms with E-state index < -0.39 is 12.1 Å². The van der Waals surface area contributed by atoms with Crippen LogP contribution in [-0.2, 0) is 23.8 Å². The molecule has 1 aliphatic heterocycles. The number of esters is 2. The lowest BCUT2D eigenvalue weighted by Gasteiger charge is -2.46. The van der Waals surface area contributed by atoms with Gasteiger partial charge in [0, 0.05) is 13.0 Å². The molecule has 1 saturated carbocycles. The third-order valence-corrected chi connectivity index (χ3v) is 5.31. The standard InChI is InChI=1S/C18H29NO6/c1-4-24-16(20)9-12-6-7-13-11-19(18(22)23-3)15(10-14(13)8-12)17(21)25-5-2/h12-15H,4-11H2,1-3H3/t12-,13+,14-,15+/m1/s1. The number of hydrogen-bond donors (Lipinski definition) is 0. The molecular formula is C18H29NO6. The van der Waals surface area contributed by atoms with Crippen molar-refractivity contribution in [2.24, 2.45) is 17.8 Å². The Morgan fingerprint density at radius 2 is 1.72 bits per heavy atom. The number of hydrogen-bond acceptors (Lipinski definition) is 6. The summed E-state index contributed by atoms with van der Waals surface area (Å²) < 4.78 is 15.0. The van der Waals surface area contributed by atoms with E-state index in [4.69, 9.17) is 14.2 Å². The lowest BCUT2D eigenvalue weighted by Crippen LogP contribution is -2.55. The average Bonchev–Trinajstić information content (AvgIpc) is 2.60. The minimum Gasteiger partial charge on any atom is -0.466 e. The summed E-state index contributed by atoms with van der Waals surface area (Å²) in [6.45, 7) is 4.75. The van der Waals surface area contributed by atoms with E-state index in [9.17, 15) is 14.4 Å². The van der Waals surface area contributed by atoms with Crippen LogP contribution in [0.3, 0.4) is 0 Å². The number of methoxy groups -OCH3 is 1. The summed E-state index contributed by atoms with van der Waals surface area (Å²) in [5, 5.41) is 0. The lowest BCUT2D eigenvalue weighted by atomic mass is 9.68. The zero-order valence-corrected chi connectivity index (χ0v) is 15.4. The van der Waals surface area contributed by atoms with Gasteiger partial charge in [-0.05, 0) is 57.3 Å². The molecule has 0 spiro atoms.